The Morgan fingerprint density at radius 3 is 1.16 bits per heavy atom. The van der Waals surface area contributed by atoms with Crippen molar-refractivity contribution in [3.05, 3.63) is 308 Å². The van der Waals surface area contributed by atoms with Gasteiger partial charge in [-0.25, -0.2) is 0 Å². The molecular weight excluding hydrogens is 1100 g/mol. The van der Waals surface area contributed by atoms with Gasteiger partial charge < -0.3 is 18.9 Å². The molecule has 13 aromatic carbocycles. The Morgan fingerprint density at radius 2 is 0.714 bits per heavy atom. The van der Waals surface area contributed by atoms with Crippen molar-refractivity contribution in [1.29, 1.82) is 0 Å². The van der Waals surface area contributed by atoms with Crippen LogP contribution in [0, 0.1) is 0 Å². The van der Waals surface area contributed by atoms with E-state index in [0.717, 1.165) is 20.3 Å². The summed E-state index contributed by atoms with van der Waals surface area (Å²) in [6.45, 7) is 10.9. The van der Waals surface area contributed by atoms with Gasteiger partial charge in [0.25, 0.3) is 6.71 Å². The lowest BCUT2D eigenvalue weighted by molar-refractivity contribution is 0.590. The molecule has 0 bridgehead atoms. The lowest BCUT2D eigenvalue weighted by Gasteiger charge is -2.46. The number of rotatable bonds is 8. The van der Waals surface area contributed by atoms with Crippen molar-refractivity contribution in [1.82, 2.24) is 9.13 Å². The van der Waals surface area contributed by atoms with Crippen molar-refractivity contribution in [2.45, 2.75) is 52.4 Å². The van der Waals surface area contributed by atoms with Crippen molar-refractivity contribution in [2.24, 2.45) is 0 Å². The normalized spacial score (nSPS) is 16.3. The number of nitrogens with zero attached hydrogens (tertiary/aromatic N) is 4. The molecule has 17 rings (SSSR count). The fourth-order valence-electron chi connectivity index (χ4n) is 13.4. The zero-order chi connectivity index (χ0) is 80.4. The summed E-state index contributed by atoms with van der Waals surface area (Å²) in [6, 6.07) is 36.2. The highest BCUT2D eigenvalue weighted by molar-refractivity contribution is 7.00. The fourth-order valence-corrected chi connectivity index (χ4v) is 13.4. The summed E-state index contributed by atoms with van der Waals surface area (Å²) in [4.78, 5) is 3.66. The standard InChI is InChI=1S/C86H67BN4/c1-85(2,3)61-44-42-56(43-45-61)60-50-81-83-82(51-60)91(84-70(58-28-12-8-13-29-58)52-62(86(4,5)6)53-71(84)59-30-14-9-15-31-59)80-55-64(89-77-40-24-19-35-68(77)69-36-20-25-41-78(69)89)47-49-73(80)87(83)72-48-46-63(88-75-38-22-17-33-66(75)67-34-18-23-39-76(67)88)54-79(72)90(81)74-37-21-16-32-65(74)57-26-10-7-11-27-57/h7-55H,1-6H3/i17D,18D,19D,20D,22D,23D,24D,25D,33D,34D,35D,36D,38D,39D,40D,41D,46D,47D,48D,49D,54D,55D. The second kappa shape index (κ2) is 20.9. The lowest BCUT2D eigenvalue weighted by atomic mass is 9.33. The number of para-hydroxylation sites is 5. The molecule has 4 nitrogen and oxygen atoms in total. The van der Waals surface area contributed by atoms with Crippen LogP contribution in [0.25, 0.3) is 99.5 Å². The third-order valence-electron chi connectivity index (χ3n) is 17.7. The highest BCUT2D eigenvalue weighted by Crippen LogP contribution is 2.54. The van der Waals surface area contributed by atoms with E-state index < -0.39 is 179 Å². The predicted molar refractivity (Wildman–Crippen MR) is 388 cm³/mol. The summed E-state index contributed by atoms with van der Waals surface area (Å²) in [5.74, 6) is 0. The number of anilines is 6. The molecule has 0 atom stereocenters. The predicted octanol–water partition coefficient (Wildman–Crippen LogP) is 21.2. The molecule has 0 amide bonds. The Balaban J connectivity index is 1.15. The molecule has 91 heavy (non-hydrogen) atoms. The molecule has 4 heterocycles. The first-order valence-electron chi connectivity index (χ1n) is 41.2. The van der Waals surface area contributed by atoms with Gasteiger partial charge in [-0.2, -0.15) is 0 Å². The van der Waals surface area contributed by atoms with Crippen LogP contribution in [-0.4, -0.2) is 15.8 Å². The van der Waals surface area contributed by atoms with Crippen LogP contribution in [0.15, 0.2) is 297 Å². The molecule has 2 aliphatic rings. The molecule has 2 aromatic heterocycles. The van der Waals surface area contributed by atoms with Crippen molar-refractivity contribution < 1.29 is 30.2 Å². The summed E-state index contributed by atoms with van der Waals surface area (Å²) >= 11 is 0. The van der Waals surface area contributed by atoms with Crippen LogP contribution in [0.5, 0.6) is 0 Å². The molecule has 0 saturated carbocycles. The average Bonchev–Trinajstić information content (AvgIpc) is 1.41. The van der Waals surface area contributed by atoms with Crippen LogP contribution in [0.3, 0.4) is 0 Å². The smallest absolute Gasteiger partial charge is 0.252 e. The monoisotopic (exact) mass is 1190 g/mol. The summed E-state index contributed by atoms with van der Waals surface area (Å²) in [6.07, 6.45) is 0. The van der Waals surface area contributed by atoms with Gasteiger partial charge in [-0.1, -0.05) is 260 Å². The molecule has 15 aromatic rings. The molecule has 0 spiro atoms. The molecule has 5 heteroatoms. The summed E-state index contributed by atoms with van der Waals surface area (Å²) < 4.78 is 219. The van der Waals surface area contributed by atoms with Crippen LogP contribution in [0.4, 0.5) is 34.1 Å². The van der Waals surface area contributed by atoms with Crippen LogP contribution < -0.4 is 26.2 Å². The molecule has 2 aliphatic heterocycles. The minimum atomic E-state index is -1.61. The quantitative estimate of drug-likeness (QED) is 0.141. The first kappa shape index (κ1) is 36.0. The summed E-state index contributed by atoms with van der Waals surface area (Å²) in [7, 11) is 0. The van der Waals surface area contributed by atoms with Gasteiger partial charge in [0.15, 0.2) is 0 Å². The molecule has 0 radical (unpaired) electrons. The number of benzene rings is 13. The van der Waals surface area contributed by atoms with Crippen LogP contribution in [0.1, 0.15) is 82.8 Å². The Labute approximate surface area is 564 Å². The van der Waals surface area contributed by atoms with Crippen LogP contribution in [0.2, 0.25) is 0 Å². The SMILES string of the molecule is [2H]c1c([2H])c(-n2c3c([2H])c([2H])c([2H])c([2H])c3c3c([2H])c([2H])c([2H])c([2H])c32)c([2H])c2c1B1c3c(cc(-c4ccc(C(C)(C)C)cc4)cc3N(c3c(-c4ccccc4)cc(C(C)(C)C)cc3-c3ccccc3)c3c([2H])c(-n4c5c([2H])c([2H])c([2H])c([2H])c5c5c([2H])c([2H])c([2H])c([2H])c54)c([2H])c([2H])c31)N2c1ccccc1-c1ccccc1. The fraction of sp³-hybridized carbons (Fsp3) is 0.0930. The second-order valence-electron chi connectivity index (χ2n) is 25.2. The summed E-state index contributed by atoms with van der Waals surface area (Å²) in [5, 5.41) is -1.39. The lowest BCUT2D eigenvalue weighted by Crippen LogP contribution is -2.61. The van der Waals surface area contributed by atoms with E-state index in [4.69, 9.17) is 5.48 Å². The summed E-state index contributed by atoms with van der Waals surface area (Å²) in [5.41, 5.74) is 4.24. The first-order chi connectivity index (χ1) is 53.6. The molecule has 0 fully saturated rings. The third-order valence-corrected chi connectivity index (χ3v) is 17.7. The van der Waals surface area contributed by atoms with Crippen LogP contribution in [-0.2, 0) is 10.8 Å². The maximum absolute atomic E-state index is 11.6. The van der Waals surface area contributed by atoms with Gasteiger partial charge >= 0.3 is 0 Å². The highest BCUT2D eigenvalue weighted by Gasteiger charge is 2.45. The van der Waals surface area contributed by atoms with Gasteiger partial charge in [0.2, 0.25) is 0 Å². The van der Waals surface area contributed by atoms with Gasteiger partial charge in [-0.3, -0.25) is 0 Å². The Morgan fingerprint density at radius 1 is 0.319 bits per heavy atom. The molecule has 434 valence electrons. The average molecular weight is 1190 g/mol. The van der Waals surface area contributed by atoms with Gasteiger partial charge in [0, 0.05) is 72.4 Å². The van der Waals surface area contributed by atoms with E-state index in [0.29, 0.717) is 72.7 Å². The number of hydrogen-bond acceptors (Lipinski definition) is 2. The molecule has 0 saturated heterocycles. The van der Waals surface area contributed by atoms with Crippen molar-refractivity contribution >= 4 is 101 Å². The van der Waals surface area contributed by atoms with Crippen molar-refractivity contribution in [2.75, 3.05) is 9.80 Å². The second-order valence-corrected chi connectivity index (χ2v) is 25.2. The molecular formula is C86H67BN4. The number of aromatic nitrogens is 2. The van der Waals surface area contributed by atoms with Gasteiger partial charge in [0.1, 0.15) is 0 Å². The van der Waals surface area contributed by atoms with E-state index in [9.17, 15) is 24.7 Å². The number of hydrogen-bond donors (Lipinski definition) is 0. The van der Waals surface area contributed by atoms with Crippen LogP contribution >= 0.6 is 0 Å². The van der Waals surface area contributed by atoms with E-state index in [2.05, 4.69) is 53.7 Å². The minimum absolute atomic E-state index is 0.150. The van der Waals surface area contributed by atoms with Gasteiger partial charge in [0.05, 0.1) is 63.6 Å². The highest BCUT2D eigenvalue weighted by atomic mass is 15.2. The van der Waals surface area contributed by atoms with E-state index >= 15 is 0 Å². The maximum atomic E-state index is 11.6. The molecule has 0 aliphatic carbocycles. The van der Waals surface area contributed by atoms with Gasteiger partial charge in [-0.05, 0) is 145 Å². The largest absolute Gasteiger partial charge is 0.311 e. The minimum Gasteiger partial charge on any atom is -0.311 e. The third kappa shape index (κ3) is 8.73. The van der Waals surface area contributed by atoms with E-state index in [-0.39, 0.29) is 49.3 Å². The topological polar surface area (TPSA) is 16.3 Å². The van der Waals surface area contributed by atoms with E-state index in [1.807, 2.05) is 150 Å². The Bertz CT molecular complexity index is 6520. The zero-order valence-electron chi connectivity index (χ0n) is 72.5. The number of fused-ring (bicyclic) bond motifs is 10. The van der Waals surface area contributed by atoms with Gasteiger partial charge in [-0.15, -0.1) is 0 Å². The van der Waals surface area contributed by atoms with Crippen molar-refractivity contribution in [3.63, 3.8) is 0 Å². The van der Waals surface area contributed by atoms with E-state index in [1.54, 1.807) is 11.0 Å². The molecule has 0 unspecified atom stereocenters. The Kier molecular flexibility index (Phi) is 8.24. The maximum Gasteiger partial charge on any atom is 0.252 e. The molecule has 0 N–H and O–H groups in total. The van der Waals surface area contributed by atoms with E-state index in [1.165, 1.54) is 0 Å². The Hall–Kier alpha value is -10.9. The first-order valence-corrected chi connectivity index (χ1v) is 30.2. The van der Waals surface area contributed by atoms with Crippen molar-refractivity contribution in [3.8, 4) is 55.9 Å². The zero-order valence-corrected chi connectivity index (χ0v) is 50.5.